The molecule has 7 heteroatoms. The summed E-state index contributed by atoms with van der Waals surface area (Å²) in [5.41, 5.74) is 1.09. The number of rotatable bonds is 5. The van der Waals surface area contributed by atoms with Crippen molar-refractivity contribution in [3.05, 3.63) is 35.9 Å². The first-order valence-electron chi connectivity index (χ1n) is 7.79. The van der Waals surface area contributed by atoms with Crippen LogP contribution in [0.3, 0.4) is 0 Å². The van der Waals surface area contributed by atoms with Gasteiger partial charge in [-0.3, -0.25) is 4.79 Å². The van der Waals surface area contributed by atoms with Crippen molar-refractivity contribution in [2.75, 3.05) is 34.2 Å². The average Bonchev–Trinajstić information content (AvgIpc) is 2.55. The quantitative estimate of drug-likeness (QED) is 0.809. The lowest BCUT2D eigenvalue weighted by atomic mass is 9.96. The molecule has 1 fully saturated rings. The standard InChI is InChI=1S/C16H25N3O3S/c1-17(2)23(21,22)19-11-9-15(10-12-19)16(20)18(3)13-14-7-5-4-6-8-14/h4-8,15H,9-13H2,1-3H3. The number of hydrogen-bond donors (Lipinski definition) is 0. The fourth-order valence-corrected chi connectivity index (χ4v) is 3.95. The number of piperidine rings is 1. The van der Waals surface area contributed by atoms with Crippen molar-refractivity contribution in [1.82, 2.24) is 13.5 Å². The van der Waals surface area contributed by atoms with Gasteiger partial charge < -0.3 is 4.90 Å². The number of carbonyl (C=O) groups is 1. The molecule has 0 atom stereocenters. The molecule has 1 aliphatic heterocycles. The van der Waals surface area contributed by atoms with Gasteiger partial charge in [-0.05, 0) is 18.4 Å². The Morgan fingerprint density at radius 2 is 1.70 bits per heavy atom. The molecule has 0 spiro atoms. The molecular formula is C16H25N3O3S. The van der Waals surface area contributed by atoms with Gasteiger partial charge in [0.15, 0.2) is 0 Å². The summed E-state index contributed by atoms with van der Waals surface area (Å²) in [5.74, 6) is -0.00641. The Morgan fingerprint density at radius 1 is 1.13 bits per heavy atom. The van der Waals surface area contributed by atoms with E-state index in [1.54, 1.807) is 11.9 Å². The van der Waals surface area contributed by atoms with Gasteiger partial charge in [0.05, 0.1) is 0 Å². The van der Waals surface area contributed by atoms with E-state index in [-0.39, 0.29) is 11.8 Å². The Labute approximate surface area is 138 Å². The minimum atomic E-state index is -3.38. The molecule has 128 valence electrons. The maximum atomic E-state index is 12.5. The normalized spacial score (nSPS) is 17.4. The van der Waals surface area contributed by atoms with E-state index in [0.717, 1.165) is 5.56 Å². The lowest BCUT2D eigenvalue weighted by Gasteiger charge is -2.33. The van der Waals surface area contributed by atoms with Gasteiger partial charge in [-0.1, -0.05) is 30.3 Å². The van der Waals surface area contributed by atoms with Crippen LogP contribution >= 0.6 is 0 Å². The van der Waals surface area contributed by atoms with Crippen LogP contribution in [-0.4, -0.2) is 62.1 Å². The van der Waals surface area contributed by atoms with Crippen LogP contribution in [0.15, 0.2) is 30.3 Å². The van der Waals surface area contributed by atoms with Crippen molar-refractivity contribution in [1.29, 1.82) is 0 Å². The summed E-state index contributed by atoms with van der Waals surface area (Å²) in [7, 11) is 1.48. The van der Waals surface area contributed by atoms with E-state index in [1.807, 2.05) is 30.3 Å². The van der Waals surface area contributed by atoms with E-state index in [4.69, 9.17) is 0 Å². The SMILES string of the molecule is CN(Cc1ccccc1)C(=O)C1CCN(S(=O)(=O)N(C)C)CC1. The van der Waals surface area contributed by atoms with E-state index in [9.17, 15) is 13.2 Å². The number of amides is 1. The summed E-state index contributed by atoms with van der Waals surface area (Å²) >= 11 is 0. The van der Waals surface area contributed by atoms with Crippen LogP contribution in [0.4, 0.5) is 0 Å². The minimum Gasteiger partial charge on any atom is -0.341 e. The molecule has 1 aliphatic rings. The molecule has 0 aromatic heterocycles. The smallest absolute Gasteiger partial charge is 0.281 e. The molecule has 1 aromatic carbocycles. The summed E-state index contributed by atoms with van der Waals surface area (Å²) in [6, 6.07) is 9.86. The zero-order valence-corrected chi connectivity index (χ0v) is 14.8. The molecule has 23 heavy (non-hydrogen) atoms. The molecule has 1 aromatic rings. The van der Waals surface area contributed by atoms with Crippen molar-refractivity contribution in [3.8, 4) is 0 Å². The Hall–Kier alpha value is -1.44. The average molecular weight is 339 g/mol. The molecule has 1 amide bonds. The fraction of sp³-hybridized carbons (Fsp3) is 0.562. The van der Waals surface area contributed by atoms with Crippen LogP contribution in [0.25, 0.3) is 0 Å². The van der Waals surface area contributed by atoms with E-state index in [1.165, 1.54) is 22.7 Å². The molecule has 2 rings (SSSR count). The lowest BCUT2D eigenvalue weighted by Crippen LogP contribution is -2.46. The predicted octanol–water partition coefficient (Wildman–Crippen LogP) is 1.16. The summed E-state index contributed by atoms with van der Waals surface area (Å²) in [6.45, 7) is 1.38. The number of hydrogen-bond acceptors (Lipinski definition) is 3. The maximum absolute atomic E-state index is 12.5. The Balaban J connectivity index is 1.91. The van der Waals surface area contributed by atoms with Gasteiger partial charge in [0.25, 0.3) is 10.2 Å². The van der Waals surface area contributed by atoms with Gasteiger partial charge >= 0.3 is 0 Å². The third-order valence-electron chi connectivity index (χ3n) is 4.23. The van der Waals surface area contributed by atoms with Gasteiger partial charge in [-0.25, -0.2) is 0 Å². The van der Waals surface area contributed by atoms with Crippen molar-refractivity contribution >= 4 is 16.1 Å². The van der Waals surface area contributed by atoms with Crippen molar-refractivity contribution < 1.29 is 13.2 Å². The number of benzene rings is 1. The van der Waals surface area contributed by atoms with E-state index >= 15 is 0 Å². The molecule has 0 N–H and O–H groups in total. The van der Waals surface area contributed by atoms with Gasteiger partial charge in [0.1, 0.15) is 0 Å². The molecule has 0 saturated carbocycles. The zero-order valence-electron chi connectivity index (χ0n) is 14.0. The van der Waals surface area contributed by atoms with E-state index in [2.05, 4.69) is 0 Å². The summed E-state index contributed by atoms with van der Waals surface area (Å²) in [5, 5.41) is 0. The number of carbonyl (C=O) groups excluding carboxylic acids is 1. The van der Waals surface area contributed by atoms with Crippen LogP contribution in [0.1, 0.15) is 18.4 Å². The summed E-state index contributed by atoms with van der Waals surface area (Å²) in [6.07, 6.45) is 1.15. The van der Waals surface area contributed by atoms with Crippen molar-refractivity contribution in [2.24, 2.45) is 5.92 Å². The minimum absolute atomic E-state index is 0.0933. The van der Waals surface area contributed by atoms with E-state index < -0.39 is 10.2 Å². The largest absolute Gasteiger partial charge is 0.341 e. The van der Waals surface area contributed by atoms with Gasteiger partial charge in [0, 0.05) is 46.7 Å². The Morgan fingerprint density at radius 3 is 2.22 bits per heavy atom. The third-order valence-corrected chi connectivity index (χ3v) is 6.17. The van der Waals surface area contributed by atoms with Crippen LogP contribution in [0, 0.1) is 5.92 Å². The lowest BCUT2D eigenvalue weighted by molar-refractivity contribution is -0.135. The van der Waals surface area contributed by atoms with Crippen LogP contribution < -0.4 is 0 Å². The molecule has 0 radical (unpaired) electrons. The molecule has 1 heterocycles. The molecule has 0 unspecified atom stereocenters. The monoisotopic (exact) mass is 339 g/mol. The second kappa shape index (κ2) is 7.42. The first kappa shape index (κ1) is 17.9. The van der Waals surface area contributed by atoms with Gasteiger partial charge in [-0.2, -0.15) is 17.0 Å². The summed E-state index contributed by atoms with van der Waals surface area (Å²) < 4.78 is 26.9. The first-order valence-corrected chi connectivity index (χ1v) is 9.18. The van der Waals surface area contributed by atoms with Crippen LogP contribution in [-0.2, 0) is 21.5 Å². The Kier molecular flexibility index (Phi) is 5.78. The predicted molar refractivity (Wildman–Crippen MR) is 89.8 cm³/mol. The number of nitrogens with zero attached hydrogens (tertiary/aromatic N) is 3. The van der Waals surface area contributed by atoms with Crippen LogP contribution in [0.5, 0.6) is 0 Å². The molecule has 6 nitrogen and oxygen atoms in total. The Bertz CT molecular complexity index is 623. The fourth-order valence-electron chi connectivity index (χ4n) is 2.81. The second-order valence-corrected chi connectivity index (χ2v) is 8.29. The van der Waals surface area contributed by atoms with Gasteiger partial charge in [-0.15, -0.1) is 0 Å². The van der Waals surface area contributed by atoms with Crippen LogP contribution in [0.2, 0.25) is 0 Å². The van der Waals surface area contributed by atoms with E-state index in [0.29, 0.717) is 32.5 Å². The highest BCUT2D eigenvalue weighted by atomic mass is 32.2. The first-order chi connectivity index (χ1) is 10.8. The highest BCUT2D eigenvalue weighted by molar-refractivity contribution is 7.86. The zero-order chi connectivity index (χ0) is 17.0. The second-order valence-electron chi connectivity index (χ2n) is 6.14. The van der Waals surface area contributed by atoms with Crippen molar-refractivity contribution in [3.63, 3.8) is 0 Å². The summed E-state index contributed by atoms with van der Waals surface area (Å²) in [4.78, 5) is 14.3. The molecular weight excluding hydrogens is 314 g/mol. The molecule has 1 saturated heterocycles. The van der Waals surface area contributed by atoms with Crippen molar-refractivity contribution in [2.45, 2.75) is 19.4 Å². The maximum Gasteiger partial charge on any atom is 0.281 e. The van der Waals surface area contributed by atoms with Gasteiger partial charge in [0.2, 0.25) is 5.91 Å². The molecule has 0 bridgehead atoms. The topological polar surface area (TPSA) is 60.9 Å². The highest BCUT2D eigenvalue weighted by Gasteiger charge is 2.33. The highest BCUT2D eigenvalue weighted by Crippen LogP contribution is 2.22. The molecule has 0 aliphatic carbocycles. The third kappa shape index (κ3) is 4.31.